The Labute approximate surface area is 131 Å². The number of aliphatic hydroxyl groups is 1. The highest BCUT2D eigenvalue weighted by molar-refractivity contribution is 5.10. The van der Waals surface area contributed by atoms with Crippen LogP contribution in [0.2, 0.25) is 0 Å². The first-order chi connectivity index (χ1) is 10.3. The third-order valence-electron chi connectivity index (χ3n) is 4.11. The van der Waals surface area contributed by atoms with E-state index in [9.17, 15) is 5.11 Å². The van der Waals surface area contributed by atoms with Crippen LogP contribution in [0.5, 0.6) is 0 Å². The topological polar surface area (TPSA) is 33.1 Å². The molecule has 0 fully saturated rings. The quantitative estimate of drug-likeness (QED) is 0.500. The lowest BCUT2D eigenvalue weighted by Gasteiger charge is -2.10. The Kier molecular flexibility index (Phi) is 11.1. The number of rotatable bonds is 13. The second-order valence-corrected chi connectivity index (χ2v) is 6.18. The first kappa shape index (κ1) is 18.2. The Morgan fingerprint density at radius 1 is 0.857 bits per heavy atom. The van der Waals surface area contributed by atoms with Crippen molar-refractivity contribution in [1.29, 1.82) is 0 Å². The van der Waals surface area contributed by atoms with Crippen molar-refractivity contribution in [2.45, 2.75) is 90.1 Å². The van der Waals surface area contributed by atoms with Gasteiger partial charge in [0.15, 0.2) is 0 Å². The highest BCUT2D eigenvalue weighted by Crippen LogP contribution is 2.13. The molecule has 0 aliphatic heterocycles. The van der Waals surface area contributed by atoms with Gasteiger partial charge in [-0.1, -0.05) is 71.1 Å². The number of hydrogen-bond acceptors (Lipinski definition) is 2. The van der Waals surface area contributed by atoms with Crippen molar-refractivity contribution in [3.05, 3.63) is 30.1 Å². The summed E-state index contributed by atoms with van der Waals surface area (Å²) in [4.78, 5) is 4.00. The van der Waals surface area contributed by atoms with Crippen molar-refractivity contribution in [2.24, 2.45) is 0 Å². The average molecular weight is 291 g/mol. The maximum atomic E-state index is 10.0. The van der Waals surface area contributed by atoms with Gasteiger partial charge in [-0.15, -0.1) is 0 Å². The van der Waals surface area contributed by atoms with Gasteiger partial charge in [0.2, 0.25) is 0 Å². The van der Waals surface area contributed by atoms with Gasteiger partial charge in [0.25, 0.3) is 0 Å². The fourth-order valence-corrected chi connectivity index (χ4v) is 2.76. The molecular weight excluding hydrogens is 258 g/mol. The number of hydrogen-bond donors (Lipinski definition) is 1. The van der Waals surface area contributed by atoms with E-state index < -0.39 is 0 Å². The molecule has 0 aliphatic carbocycles. The molecule has 1 atom stereocenters. The predicted molar refractivity (Wildman–Crippen MR) is 90.4 cm³/mol. The molecule has 1 aromatic rings. The second kappa shape index (κ2) is 12.8. The Morgan fingerprint density at radius 3 is 1.95 bits per heavy atom. The molecule has 0 saturated carbocycles. The third-order valence-corrected chi connectivity index (χ3v) is 4.11. The lowest BCUT2D eigenvalue weighted by Crippen LogP contribution is -2.10. The number of aromatic nitrogens is 1. The first-order valence-corrected chi connectivity index (χ1v) is 8.90. The van der Waals surface area contributed by atoms with E-state index in [1.807, 2.05) is 12.1 Å². The Bertz CT molecular complexity index is 326. The van der Waals surface area contributed by atoms with Crippen LogP contribution in [-0.2, 0) is 6.42 Å². The van der Waals surface area contributed by atoms with Crippen LogP contribution < -0.4 is 0 Å². The minimum Gasteiger partial charge on any atom is -0.393 e. The van der Waals surface area contributed by atoms with Gasteiger partial charge in [0.05, 0.1) is 6.10 Å². The van der Waals surface area contributed by atoms with Gasteiger partial charge in [0.1, 0.15) is 0 Å². The summed E-state index contributed by atoms with van der Waals surface area (Å²) in [6, 6.07) is 3.98. The van der Waals surface area contributed by atoms with Crippen LogP contribution in [0.15, 0.2) is 24.5 Å². The molecule has 1 N–H and O–H groups in total. The van der Waals surface area contributed by atoms with E-state index in [2.05, 4.69) is 11.9 Å². The van der Waals surface area contributed by atoms with Crippen LogP contribution in [0, 0.1) is 0 Å². The fraction of sp³-hybridized carbons (Fsp3) is 0.737. The maximum absolute atomic E-state index is 10.0. The maximum Gasteiger partial charge on any atom is 0.0580 e. The summed E-state index contributed by atoms with van der Waals surface area (Å²) in [7, 11) is 0. The largest absolute Gasteiger partial charge is 0.393 e. The number of unbranched alkanes of at least 4 members (excludes halogenated alkanes) is 9. The van der Waals surface area contributed by atoms with E-state index >= 15 is 0 Å². The van der Waals surface area contributed by atoms with Crippen molar-refractivity contribution in [2.75, 3.05) is 0 Å². The summed E-state index contributed by atoms with van der Waals surface area (Å²) in [5.74, 6) is 0. The lowest BCUT2D eigenvalue weighted by atomic mass is 10.0. The van der Waals surface area contributed by atoms with Gasteiger partial charge in [-0.05, 0) is 30.5 Å². The normalized spacial score (nSPS) is 12.5. The van der Waals surface area contributed by atoms with Crippen molar-refractivity contribution < 1.29 is 5.11 Å². The SMILES string of the molecule is CCCCCCCCCCCCC(O)Cc1ccncc1. The van der Waals surface area contributed by atoms with E-state index in [0.717, 1.165) is 19.3 Å². The molecule has 0 aliphatic rings. The Morgan fingerprint density at radius 2 is 1.38 bits per heavy atom. The number of nitrogens with zero attached hydrogens (tertiary/aromatic N) is 1. The zero-order valence-electron chi connectivity index (χ0n) is 13.8. The monoisotopic (exact) mass is 291 g/mol. The van der Waals surface area contributed by atoms with E-state index in [1.54, 1.807) is 12.4 Å². The van der Waals surface area contributed by atoms with Gasteiger partial charge in [0, 0.05) is 12.4 Å². The summed E-state index contributed by atoms with van der Waals surface area (Å²) in [6.07, 6.45) is 18.6. The van der Waals surface area contributed by atoms with Crippen LogP contribution in [0.1, 0.15) is 83.1 Å². The molecule has 21 heavy (non-hydrogen) atoms. The van der Waals surface area contributed by atoms with Crippen LogP contribution in [0.4, 0.5) is 0 Å². The second-order valence-electron chi connectivity index (χ2n) is 6.18. The van der Waals surface area contributed by atoms with Crippen LogP contribution in [0.25, 0.3) is 0 Å². The van der Waals surface area contributed by atoms with Crippen molar-refractivity contribution in [3.63, 3.8) is 0 Å². The summed E-state index contributed by atoms with van der Waals surface area (Å²) in [6.45, 7) is 2.27. The van der Waals surface area contributed by atoms with Crippen LogP contribution in [0.3, 0.4) is 0 Å². The molecule has 2 heteroatoms. The molecule has 1 rings (SSSR count). The van der Waals surface area contributed by atoms with E-state index in [0.29, 0.717) is 0 Å². The van der Waals surface area contributed by atoms with Gasteiger partial charge >= 0.3 is 0 Å². The summed E-state index contributed by atoms with van der Waals surface area (Å²) in [5.41, 5.74) is 1.18. The average Bonchev–Trinajstić information content (AvgIpc) is 2.50. The molecule has 0 spiro atoms. The molecule has 0 saturated heterocycles. The van der Waals surface area contributed by atoms with E-state index in [1.165, 1.54) is 63.4 Å². The first-order valence-electron chi connectivity index (χ1n) is 8.90. The standard InChI is InChI=1S/C19H33NO/c1-2-3-4-5-6-7-8-9-10-11-12-19(21)17-18-13-15-20-16-14-18/h13-16,19,21H,2-12,17H2,1H3. The van der Waals surface area contributed by atoms with Crippen LogP contribution >= 0.6 is 0 Å². The summed E-state index contributed by atoms with van der Waals surface area (Å²) < 4.78 is 0. The molecule has 2 nitrogen and oxygen atoms in total. The molecule has 1 heterocycles. The minimum absolute atomic E-state index is 0.193. The zero-order chi connectivity index (χ0) is 15.2. The lowest BCUT2D eigenvalue weighted by molar-refractivity contribution is 0.161. The number of aliphatic hydroxyl groups excluding tert-OH is 1. The highest BCUT2D eigenvalue weighted by Gasteiger charge is 2.05. The van der Waals surface area contributed by atoms with Crippen molar-refractivity contribution >= 4 is 0 Å². The zero-order valence-corrected chi connectivity index (χ0v) is 13.8. The van der Waals surface area contributed by atoms with Gasteiger partial charge < -0.3 is 5.11 Å². The third kappa shape index (κ3) is 10.5. The van der Waals surface area contributed by atoms with Gasteiger partial charge in [-0.25, -0.2) is 0 Å². The Hall–Kier alpha value is -0.890. The van der Waals surface area contributed by atoms with Gasteiger partial charge in [-0.3, -0.25) is 4.98 Å². The van der Waals surface area contributed by atoms with Gasteiger partial charge in [-0.2, -0.15) is 0 Å². The molecular formula is C19H33NO. The molecule has 120 valence electrons. The van der Waals surface area contributed by atoms with Crippen molar-refractivity contribution in [3.8, 4) is 0 Å². The molecule has 1 aromatic heterocycles. The van der Waals surface area contributed by atoms with E-state index in [-0.39, 0.29) is 6.10 Å². The fourth-order valence-electron chi connectivity index (χ4n) is 2.76. The van der Waals surface area contributed by atoms with E-state index in [4.69, 9.17) is 0 Å². The minimum atomic E-state index is -0.193. The molecule has 1 unspecified atom stereocenters. The number of pyridine rings is 1. The predicted octanol–water partition coefficient (Wildman–Crippen LogP) is 5.30. The van der Waals surface area contributed by atoms with Crippen LogP contribution in [-0.4, -0.2) is 16.2 Å². The smallest absolute Gasteiger partial charge is 0.0580 e. The van der Waals surface area contributed by atoms with Crippen molar-refractivity contribution in [1.82, 2.24) is 4.98 Å². The summed E-state index contributed by atoms with van der Waals surface area (Å²) in [5, 5.41) is 10.0. The summed E-state index contributed by atoms with van der Waals surface area (Å²) >= 11 is 0. The highest BCUT2D eigenvalue weighted by atomic mass is 16.3. The molecule has 0 bridgehead atoms. The molecule has 0 radical (unpaired) electrons. The molecule has 0 amide bonds. The molecule has 0 aromatic carbocycles. The Balaban J connectivity index is 1.87.